The van der Waals surface area contributed by atoms with Gasteiger partial charge in [-0.25, -0.2) is 0 Å². The van der Waals surface area contributed by atoms with Crippen LogP contribution in [-0.4, -0.2) is 73.6 Å². The highest BCUT2D eigenvalue weighted by atomic mass is 16.8. The van der Waals surface area contributed by atoms with Crippen molar-refractivity contribution in [3.8, 4) is 0 Å². The Labute approximate surface area is 158 Å². The van der Waals surface area contributed by atoms with Gasteiger partial charge >= 0.3 is 0 Å². The molecule has 8 nitrogen and oxygen atoms in total. The average Bonchev–Trinajstić information content (AvgIpc) is 2.78. The van der Waals surface area contributed by atoms with Crippen LogP contribution in [0.1, 0.15) is 25.7 Å². The zero-order chi connectivity index (χ0) is 19.4. The molecular formula is C19H28O8. The molecule has 0 bridgehead atoms. The summed E-state index contributed by atoms with van der Waals surface area (Å²) < 4.78 is 34.9. The van der Waals surface area contributed by atoms with Crippen molar-refractivity contribution >= 4 is 0 Å². The van der Waals surface area contributed by atoms with Crippen LogP contribution in [0.15, 0.2) is 30.3 Å². The van der Waals surface area contributed by atoms with Gasteiger partial charge in [0, 0.05) is 12.7 Å². The Hall–Kier alpha value is -1.10. The number of hydrogen-bond acceptors (Lipinski definition) is 8. The number of benzene rings is 1. The Morgan fingerprint density at radius 3 is 2.63 bits per heavy atom. The fraction of sp³-hybridized carbons (Fsp3) is 0.684. The molecule has 2 unspecified atom stereocenters. The van der Waals surface area contributed by atoms with Crippen LogP contribution in [0.4, 0.5) is 0 Å². The number of fused-ring (bicyclic) bond motifs is 1. The number of ether oxygens (including phenoxy) is 6. The average molecular weight is 384 g/mol. The minimum Gasteiger partial charge on any atom is -0.394 e. The van der Waals surface area contributed by atoms with Crippen molar-refractivity contribution in [2.24, 2.45) is 0 Å². The van der Waals surface area contributed by atoms with Crippen LogP contribution in [0, 0.1) is 0 Å². The third kappa shape index (κ3) is 4.85. The number of aliphatic hydroxyl groups excluding tert-OH is 2. The lowest BCUT2D eigenvalue weighted by molar-refractivity contribution is -0.307. The van der Waals surface area contributed by atoms with Gasteiger partial charge in [-0.15, -0.1) is 0 Å². The predicted molar refractivity (Wildman–Crippen MR) is 93.7 cm³/mol. The van der Waals surface area contributed by atoms with Gasteiger partial charge in [-0.1, -0.05) is 30.3 Å². The summed E-state index contributed by atoms with van der Waals surface area (Å²) in [6.07, 6.45) is -4.43. The van der Waals surface area contributed by atoms with Crippen LogP contribution in [0.3, 0.4) is 0 Å². The molecule has 0 aromatic heterocycles. The van der Waals surface area contributed by atoms with Crippen LogP contribution in [0.25, 0.3) is 0 Å². The molecule has 2 aliphatic rings. The van der Waals surface area contributed by atoms with E-state index in [1.54, 1.807) is 13.8 Å². The third-order valence-corrected chi connectivity index (χ3v) is 4.58. The van der Waals surface area contributed by atoms with Crippen molar-refractivity contribution in [3.63, 3.8) is 0 Å². The van der Waals surface area contributed by atoms with E-state index in [9.17, 15) is 10.2 Å². The van der Waals surface area contributed by atoms with Crippen molar-refractivity contribution in [1.29, 1.82) is 0 Å². The molecule has 3 rings (SSSR count). The maximum absolute atomic E-state index is 10.3. The Morgan fingerprint density at radius 1 is 1.22 bits per heavy atom. The Bertz CT molecular complexity index is 580. The Balaban J connectivity index is 1.89. The topological polar surface area (TPSA) is 95.8 Å². The van der Waals surface area contributed by atoms with E-state index in [2.05, 4.69) is 0 Å². The predicted octanol–water partition coefficient (Wildman–Crippen LogP) is 0.963. The number of rotatable bonds is 6. The van der Waals surface area contributed by atoms with E-state index in [1.165, 1.54) is 7.11 Å². The summed E-state index contributed by atoms with van der Waals surface area (Å²) in [5.74, 6) is -1.03. The van der Waals surface area contributed by atoms with Gasteiger partial charge < -0.3 is 38.6 Å². The summed E-state index contributed by atoms with van der Waals surface area (Å²) in [5.41, 5.74) is 0.866. The lowest BCUT2D eigenvalue weighted by atomic mass is 9.98. The molecule has 2 N–H and O–H groups in total. The fourth-order valence-electron chi connectivity index (χ4n) is 3.43. The van der Waals surface area contributed by atoms with Gasteiger partial charge in [0.1, 0.15) is 37.3 Å². The zero-order valence-corrected chi connectivity index (χ0v) is 15.8. The molecule has 152 valence electrons. The van der Waals surface area contributed by atoms with Crippen LogP contribution in [0.5, 0.6) is 0 Å². The van der Waals surface area contributed by atoms with Crippen molar-refractivity contribution in [1.82, 2.24) is 0 Å². The van der Waals surface area contributed by atoms with E-state index < -0.39 is 49.2 Å². The first-order valence-electron chi connectivity index (χ1n) is 9.02. The van der Waals surface area contributed by atoms with Gasteiger partial charge in [0.05, 0.1) is 13.2 Å². The second-order valence-electron chi connectivity index (χ2n) is 7.10. The second-order valence-corrected chi connectivity index (χ2v) is 7.10. The van der Waals surface area contributed by atoms with Gasteiger partial charge in [-0.2, -0.15) is 0 Å². The monoisotopic (exact) mass is 384 g/mol. The minimum atomic E-state index is -1.17. The molecule has 27 heavy (non-hydrogen) atoms. The minimum absolute atomic E-state index is 0.0213. The van der Waals surface area contributed by atoms with E-state index in [0.29, 0.717) is 0 Å². The van der Waals surface area contributed by atoms with Crippen molar-refractivity contribution in [2.75, 3.05) is 27.1 Å². The Kier molecular flexibility index (Phi) is 6.83. The maximum Gasteiger partial charge on any atom is 0.184 e. The van der Waals surface area contributed by atoms with Gasteiger partial charge in [0.15, 0.2) is 12.1 Å². The van der Waals surface area contributed by atoms with Crippen molar-refractivity contribution in [2.45, 2.75) is 56.4 Å². The highest BCUT2D eigenvalue weighted by molar-refractivity contribution is 5.16. The lowest BCUT2D eigenvalue weighted by Crippen LogP contribution is -2.55. The molecule has 0 aliphatic carbocycles. The molecule has 2 fully saturated rings. The standard InChI is InChI=1S/C19H28O8/c1-19(2)26-14-10-23-18(12-7-5-4-6-8-12)25-16(14)17(24-11-22-3)15(27-19)13(21)9-20/h4-8,13-18,20-21H,9-11H2,1-3H3/t13-,14+,15+,16+,17?,18?/m0/s1. The zero-order valence-electron chi connectivity index (χ0n) is 15.8. The maximum atomic E-state index is 10.3. The lowest BCUT2D eigenvalue weighted by Gasteiger charge is -2.40. The highest BCUT2D eigenvalue weighted by Gasteiger charge is 2.51. The summed E-state index contributed by atoms with van der Waals surface area (Å²) in [5, 5.41) is 19.8. The molecule has 2 saturated heterocycles. The smallest absolute Gasteiger partial charge is 0.184 e. The quantitative estimate of drug-likeness (QED) is 0.701. The van der Waals surface area contributed by atoms with E-state index in [0.717, 1.165) is 5.56 Å². The molecule has 0 saturated carbocycles. The molecule has 8 heteroatoms. The highest BCUT2D eigenvalue weighted by Crippen LogP contribution is 2.37. The summed E-state index contributed by atoms with van der Waals surface area (Å²) >= 11 is 0. The summed E-state index contributed by atoms with van der Waals surface area (Å²) in [7, 11) is 1.50. The second kappa shape index (κ2) is 8.93. The molecule has 2 aliphatic heterocycles. The largest absolute Gasteiger partial charge is 0.394 e. The van der Waals surface area contributed by atoms with Gasteiger partial charge in [0.25, 0.3) is 0 Å². The van der Waals surface area contributed by atoms with Gasteiger partial charge in [0.2, 0.25) is 0 Å². The van der Waals surface area contributed by atoms with Crippen LogP contribution in [-0.2, 0) is 28.4 Å². The summed E-state index contributed by atoms with van der Waals surface area (Å²) in [6, 6.07) is 9.54. The summed E-state index contributed by atoms with van der Waals surface area (Å²) in [6.45, 7) is 3.24. The van der Waals surface area contributed by atoms with Gasteiger partial charge in [-0.3, -0.25) is 0 Å². The van der Waals surface area contributed by atoms with Crippen LogP contribution < -0.4 is 0 Å². The normalized spacial score (nSPS) is 34.5. The van der Waals surface area contributed by atoms with Crippen LogP contribution >= 0.6 is 0 Å². The molecule has 0 spiro atoms. The molecule has 1 aromatic carbocycles. The molecular weight excluding hydrogens is 356 g/mol. The number of methoxy groups -OCH3 is 1. The molecule has 2 heterocycles. The summed E-state index contributed by atoms with van der Waals surface area (Å²) in [4.78, 5) is 0. The molecule has 6 atom stereocenters. The SMILES string of the molecule is COCOC1[C@@H]([C@@H](O)CO)OC(C)(C)O[C@@H]2COC(c3ccccc3)O[C@@H]12. The molecule has 1 aromatic rings. The third-order valence-electron chi connectivity index (χ3n) is 4.58. The fourth-order valence-corrected chi connectivity index (χ4v) is 3.43. The molecule has 0 amide bonds. The molecule has 0 radical (unpaired) electrons. The first-order chi connectivity index (χ1) is 12.9. The van der Waals surface area contributed by atoms with E-state index in [-0.39, 0.29) is 13.4 Å². The Morgan fingerprint density at radius 2 is 1.96 bits per heavy atom. The number of aliphatic hydroxyl groups is 2. The first kappa shape index (κ1) is 20.6. The van der Waals surface area contributed by atoms with Gasteiger partial charge in [-0.05, 0) is 13.8 Å². The first-order valence-corrected chi connectivity index (χ1v) is 9.02. The van der Waals surface area contributed by atoms with E-state index in [4.69, 9.17) is 28.4 Å². The van der Waals surface area contributed by atoms with Crippen molar-refractivity contribution in [3.05, 3.63) is 35.9 Å². The van der Waals surface area contributed by atoms with Crippen molar-refractivity contribution < 1.29 is 38.6 Å². The van der Waals surface area contributed by atoms with E-state index in [1.807, 2.05) is 30.3 Å². The van der Waals surface area contributed by atoms with Crippen LogP contribution in [0.2, 0.25) is 0 Å². The number of hydrogen-bond donors (Lipinski definition) is 2. The van der Waals surface area contributed by atoms with E-state index >= 15 is 0 Å².